The van der Waals surface area contributed by atoms with Crippen LogP contribution < -0.4 is 14.4 Å². The van der Waals surface area contributed by atoms with Crippen LogP contribution in [0.3, 0.4) is 0 Å². The Morgan fingerprint density at radius 2 is 1.70 bits per heavy atom. The first-order valence-corrected chi connectivity index (χ1v) is 16.1. The number of esters is 1. The van der Waals surface area contributed by atoms with E-state index in [-0.39, 0.29) is 27.6 Å². The Morgan fingerprint density at radius 1 is 0.957 bits per heavy atom. The third-order valence-electron chi connectivity index (χ3n) is 7.74. The molecule has 12 heteroatoms. The molecule has 5 aromatic rings. The molecule has 1 fully saturated rings. The molecule has 3 heterocycles. The fourth-order valence-electron chi connectivity index (χ4n) is 5.53. The fourth-order valence-corrected chi connectivity index (χ4v) is 7.40. The number of hydrogen-bond acceptors (Lipinski definition) is 11. The Bertz CT molecular complexity index is 2040. The number of benzene rings is 4. The van der Waals surface area contributed by atoms with E-state index in [0.29, 0.717) is 40.4 Å². The molecular weight excluding hydrogens is 627 g/mol. The molecule has 0 bridgehead atoms. The van der Waals surface area contributed by atoms with E-state index < -0.39 is 23.7 Å². The van der Waals surface area contributed by atoms with Gasteiger partial charge in [-0.15, -0.1) is 10.2 Å². The minimum Gasteiger partial charge on any atom is -0.507 e. The quantitative estimate of drug-likeness (QED) is 0.0545. The van der Waals surface area contributed by atoms with Crippen LogP contribution in [-0.4, -0.2) is 53.3 Å². The number of anilines is 1. The van der Waals surface area contributed by atoms with E-state index in [1.807, 2.05) is 18.2 Å². The SMILES string of the molecule is COC(=O)c1ccc(C2C(=C(O)c3ccc4c(c3)OCCO4)C(=O)C(=O)N2c2nnc(SCc3cccc4ccccc34)s2)cc1. The Morgan fingerprint density at radius 3 is 2.50 bits per heavy atom. The molecule has 0 aliphatic carbocycles. The van der Waals surface area contributed by atoms with Gasteiger partial charge in [0.1, 0.15) is 19.0 Å². The van der Waals surface area contributed by atoms with Crippen molar-refractivity contribution in [2.45, 2.75) is 16.1 Å². The van der Waals surface area contributed by atoms with Gasteiger partial charge in [-0.25, -0.2) is 4.79 Å². The number of aromatic nitrogens is 2. The third kappa shape index (κ3) is 5.35. The number of aliphatic hydroxyl groups excluding tert-OH is 1. The molecule has 1 amide bonds. The van der Waals surface area contributed by atoms with Crippen LogP contribution in [0.25, 0.3) is 16.5 Å². The van der Waals surface area contributed by atoms with Crippen LogP contribution >= 0.6 is 23.1 Å². The standard InChI is InChI=1S/C34H25N3O7S2/c1-42-32(41)21-11-9-20(10-12-21)28-27(29(38)22-13-14-25-26(17-22)44-16-15-43-25)30(39)31(40)37(28)33-35-36-34(46-33)45-18-23-7-4-6-19-5-2-3-8-24(19)23/h2-14,17,28,38H,15-16,18H2,1H3. The summed E-state index contributed by atoms with van der Waals surface area (Å²) in [6.45, 7) is 0.737. The predicted octanol–water partition coefficient (Wildman–Crippen LogP) is 6.17. The highest BCUT2D eigenvalue weighted by molar-refractivity contribution is 8.00. The van der Waals surface area contributed by atoms with Crippen molar-refractivity contribution in [2.24, 2.45) is 0 Å². The van der Waals surface area contributed by atoms with Gasteiger partial charge in [-0.3, -0.25) is 14.5 Å². The van der Waals surface area contributed by atoms with Crippen molar-refractivity contribution in [3.05, 3.63) is 113 Å². The number of carbonyl (C=O) groups is 3. The van der Waals surface area contributed by atoms with Gasteiger partial charge in [0.25, 0.3) is 5.78 Å². The van der Waals surface area contributed by atoms with E-state index >= 15 is 0 Å². The number of amides is 1. The minimum atomic E-state index is -1.05. The van der Waals surface area contributed by atoms with Gasteiger partial charge < -0.3 is 19.3 Å². The summed E-state index contributed by atoms with van der Waals surface area (Å²) >= 11 is 2.65. The number of hydrogen-bond donors (Lipinski definition) is 1. The average Bonchev–Trinajstić information content (AvgIpc) is 3.67. The molecule has 4 aromatic carbocycles. The van der Waals surface area contributed by atoms with Crippen molar-refractivity contribution in [1.82, 2.24) is 10.2 Å². The zero-order chi connectivity index (χ0) is 31.8. The Hall–Kier alpha value is -5.20. The summed E-state index contributed by atoms with van der Waals surface area (Å²) in [5.74, 6) is -1.10. The lowest BCUT2D eigenvalue weighted by molar-refractivity contribution is -0.132. The van der Waals surface area contributed by atoms with Crippen LogP contribution in [0.4, 0.5) is 5.13 Å². The van der Waals surface area contributed by atoms with Gasteiger partial charge in [-0.1, -0.05) is 77.7 Å². The second kappa shape index (κ2) is 12.3. The molecule has 1 atom stereocenters. The van der Waals surface area contributed by atoms with Crippen molar-refractivity contribution >= 4 is 62.4 Å². The Kier molecular flexibility index (Phi) is 7.89. The summed E-state index contributed by atoms with van der Waals surface area (Å²) in [6.07, 6.45) is 0. The van der Waals surface area contributed by atoms with Gasteiger partial charge in [0.05, 0.1) is 24.3 Å². The normalized spacial score (nSPS) is 17.0. The maximum atomic E-state index is 13.7. The second-order valence-corrected chi connectivity index (χ2v) is 12.6. The molecule has 0 saturated carbocycles. The van der Waals surface area contributed by atoms with Crippen LogP contribution in [-0.2, 0) is 20.1 Å². The molecule has 10 nitrogen and oxygen atoms in total. The molecule has 0 spiro atoms. The highest BCUT2D eigenvalue weighted by atomic mass is 32.2. The molecule has 2 aliphatic heterocycles. The summed E-state index contributed by atoms with van der Waals surface area (Å²) in [4.78, 5) is 40.7. The van der Waals surface area contributed by atoms with E-state index in [2.05, 4.69) is 34.5 Å². The third-order valence-corrected chi connectivity index (χ3v) is 9.85. The van der Waals surface area contributed by atoms with E-state index in [9.17, 15) is 19.5 Å². The molecule has 230 valence electrons. The van der Waals surface area contributed by atoms with Crippen LogP contribution in [0.5, 0.6) is 11.5 Å². The molecule has 0 radical (unpaired) electrons. The van der Waals surface area contributed by atoms with Gasteiger partial charge in [0.15, 0.2) is 15.8 Å². The van der Waals surface area contributed by atoms with Crippen LogP contribution in [0.2, 0.25) is 0 Å². The summed E-state index contributed by atoms with van der Waals surface area (Å²) in [7, 11) is 1.28. The number of nitrogens with zero attached hydrogens (tertiary/aromatic N) is 3. The number of thioether (sulfide) groups is 1. The van der Waals surface area contributed by atoms with E-state index in [4.69, 9.17) is 14.2 Å². The maximum Gasteiger partial charge on any atom is 0.337 e. The van der Waals surface area contributed by atoms with Crippen LogP contribution in [0.15, 0.2) is 94.8 Å². The zero-order valence-corrected chi connectivity index (χ0v) is 26.0. The van der Waals surface area contributed by atoms with Crippen LogP contribution in [0.1, 0.15) is 33.1 Å². The molecule has 2 aliphatic rings. The monoisotopic (exact) mass is 651 g/mol. The number of methoxy groups -OCH3 is 1. The largest absolute Gasteiger partial charge is 0.507 e. The van der Waals surface area contributed by atoms with Crippen molar-refractivity contribution < 1.29 is 33.7 Å². The number of ether oxygens (including phenoxy) is 3. The summed E-state index contributed by atoms with van der Waals surface area (Å²) in [6, 6.07) is 24.3. The summed E-state index contributed by atoms with van der Waals surface area (Å²) < 4.78 is 16.7. The highest BCUT2D eigenvalue weighted by Gasteiger charge is 2.48. The number of ketones is 1. The first-order chi connectivity index (χ1) is 22.4. The van der Waals surface area contributed by atoms with E-state index in [1.165, 1.54) is 47.2 Å². The number of carbonyl (C=O) groups excluding carboxylic acids is 3. The lowest BCUT2D eigenvalue weighted by Gasteiger charge is -2.23. The summed E-state index contributed by atoms with van der Waals surface area (Å²) in [5, 5.41) is 22.7. The molecule has 7 rings (SSSR count). The maximum absolute atomic E-state index is 13.7. The fraction of sp³-hybridized carbons (Fsp3) is 0.147. The topological polar surface area (TPSA) is 128 Å². The zero-order valence-electron chi connectivity index (χ0n) is 24.3. The lowest BCUT2D eigenvalue weighted by Crippen LogP contribution is -2.29. The molecule has 1 N–H and O–H groups in total. The first-order valence-electron chi connectivity index (χ1n) is 14.2. The second-order valence-electron chi connectivity index (χ2n) is 10.4. The number of Topliss-reactive ketones (excluding diaryl/α,β-unsaturated/α-hetero) is 1. The predicted molar refractivity (Wildman–Crippen MR) is 173 cm³/mol. The molecule has 1 aromatic heterocycles. The molecule has 1 unspecified atom stereocenters. The van der Waals surface area contributed by atoms with Gasteiger partial charge in [-0.2, -0.15) is 0 Å². The van der Waals surface area contributed by atoms with Crippen molar-refractivity contribution in [1.29, 1.82) is 0 Å². The van der Waals surface area contributed by atoms with Gasteiger partial charge in [0, 0.05) is 11.3 Å². The van der Waals surface area contributed by atoms with Crippen LogP contribution in [0, 0.1) is 0 Å². The average molecular weight is 652 g/mol. The Balaban J connectivity index is 1.26. The molecule has 46 heavy (non-hydrogen) atoms. The number of aliphatic hydroxyl groups is 1. The van der Waals surface area contributed by atoms with Crippen molar-refractivity contribution in [2.75, 3.05) is 25.2 Å². The number of fused-ring (bicyclic) bond motifs is 2. The van der Waals surface area contributed by atoms with Gasteiger partial charge >= 0.3 is 11.9 Å². The molecule has 1 saturated heterocycles. The first kappa shape index (κ1) is 29.5. The summed E-state index contributed by atoms with van der Waals surface area (Å²) in [5.41, 5.74) is 2.05. The van der Waals surface area contributed by atoms with E-state index in [0.717, 1.165) is 16.3 Å². The Labute approximate surface area is 271 Å². The van der Waals surface area contributed by atoms with Crippen molar-refractivity contribution in [3.63, 3.8) is 0 Å². The minimum absolute atomic E-state index is 0.132. The van der Waals surface area contributed by atoms with Gasteiger partial charge in [0.2, 0.25) is 5.13 Å². The van der Waals surface area contributed by atoms with Gasteiger partial charge in [-0.05, 0) is 52.2 Å². The lowest BCUT2D eigenvalue weighted by atomic mass is 9.94. The smallest absolute Gasteiger partial charge is 0.337 e. The number of rotatable bonds is 7. The highest BCUT2D eigenvalue weighted by Crippen LogP contribution is 2.45. The van der Waals surface area contributed by atoms with Crippen molar-refractivity contribution in [3.8, 4) is 11.5 Å². The molecular formula is C34H25N3O7S2. The van der Waals surface area contributed by atoms with E-state index in [1.54, 1.807) is 30.3 Å².